The van der Waals surface area contributed by atoms with Gasteiger partial charge in [-0.05, 0) is 56.9 Å². The number of amides is 1. The van der Waals surface area contributed by atoms with Crippen molar-refractivity contribution in [2.45, 2.75) is 13.5 Å². The molecular formula is C12H12BrNOS2. The third kappa shape index (κ3) is 2.97. The molecule has 2 aromatic heterocycles. The molecule has 0 fully saturated rings. The van der Waals surface area contributed by atoms with Crippen LogP contribution in [0.15, 0.2) is 26.7 Å². The molecule has 0 saturated carbocycles. The van der Waals surface area contributed by atoms with Gasteiger partial charge < -0.3 is 4.90 Å². The molecule has 2 nitrogen and oxygen atoms in total. The molecule has 90 valence electrons. The van der Waals surface area contributed by atoms with Gasteiger partial charge in [-0.2, -0.15) is 11.3 Å². The van der Waals surface area contributed by atoms with Gasteiger partial charge in [0.1, 0.15) is 0 Å². The van der Waals surface area contributed by atoms with E-state index in [1.54, 1.807) is 16.2 Å². The molecule has 0 aromatic carbocycles. The molecule has 17 heavy (non-hydrogen) atoms. The highest BCUT2D eigenvalue weighted by Gasteiger charge is 2.15. The minimum Gasteiger partial charge on any atom is -0.337 e. The van der Waals surface area contributed by atoms with E-state index in [0.717, 1.165) is 14.2 Å². The van der Waals surface area contributed by atoms with Crippen LogP contribution in [-0.4, -0.2) is 17.9 Å². The van der Waals surface area contributed by atoms with Gasteiger partial charge in [-0.3, -0.25) is 4.79 Å². The molecule has 5 heteroatoms. The summed E-state index contributed by atoms with van der Waals surface area (Å²) in [5, 5.41) is 4.10. The monoisotopic (exact) mass is 329 g/mol. The number of carbonyl (C=O) groups excluding carboxylic acids is 1. The minimum absolute atomic E-state index is 0.0787. The third-order valence-electron chi connectivity index (χ3n) is 2.41. The van der Waals surface area contributed by atoms with E-state index in [-0.39, 0.29) is 5.91 Å². The summed E-state index contributed by atoms with van der Waals surface area (Å²) in [6, 6.07) is 3.98. The first-order valence-electron chi connectivity index (χ1n) is 5.10. The molecule has 0 aliphatic rings. The maximum Gasteiger partial charge on any atom is 0.264 e. The van der Waals surface area contributed by atoms with Crippen molar-refractivity contribution in [3.05, 3.63) is 42.7 Å². The SMILES string of the molecule is Cc1cc(C(=O)N(C)Cc2ccsc2)sc1Br. The van der Waals surface area contributed by atoms with Crippen LogP contribution in [0.2, 0.25) is 0 Å². The number of hydrogen-bond acceptors (Lipinski definition) is 3. The molecule has 2 aromatic rings. The fraction of sp³-hybridized carbons (Fsp3) is 0.250. The number of halogens is 1. The van der Waals surface area contributed by atoms with E-state index in [1.807, 2.05) is 31.5 Å². The van der Waals surface area contributed by atoms with Gasteiger partial charge >= 0.3 is 0 Å². The number of thiophene rings is 2. The Morgan fingerprint density at radius 3 is 2.82 bits per heavy atom. The second-order valence-electron chi connectivity index (χ2n) is 3.86. The predicted molar refractivity (Wildman–Crippen MR) is 76.9 cm³/mol. The summed E-state index contributed by atoms with van der Waals surface area (Å²) in [5.41, 5.74) is 2.29. The number of hydrogen-bond donors (Lipinski definition) is 0. The average Bonchev–Trinajstić information content (AvgIpc) is 2.89. The molecule has 0 atom stereocenters. The molecule has 1 amide bonds. The standard InChI is InChI=1S/C12H12BrNOS2/c1-8-5-10(17-11(8)13)12(15)14(2)6-9-3-4-16-7-9/h3-5,7H,6H2,1-2H3. The molecule has 0 aliphatic heterocycles. The number of rotatable bonds is 3. The van der Waals surface area contributed by atoms with Crippen LogP contribution in [0.25, 0.3) is 0 Å². The first-order valence-corrected chi connectivity index (χ1v) is 7.65. The highest BCUT2D eigenvalue weighted by molar-refractivity contribution is 9.11. The Morgan fingerprint density at radius 2 is 2.29 bits per heavy atom. The Balaban J connectivity index is 2.09. The number of carbonyl (C=O) groups is 1. The number of nitrogens with zero attached hydrogens (tertiary/aromatic N) is 1. The first kappa shape index (κ1) is 12.8. The number of aryl methyl sites for hydroxylation is 1. The van der Waals surface area contributed by atoms with E-state index in [4.69, 9.17) is 0 Å². The zero-order valence-electron chi connectivity index (χ0n) is 9.57. The van der Waals surface area contributed by atoms with Gasteiger partial charge in [-0.1, -0.05) is 0 Å². The van der Waals surface area contributed by atoms with E-state index in [1.165, 1.54) is 16.9 Å². The topological polar surface area (TPSA) is 20.3 Å². The van der Waals surface area contributed by atoms with E-state index in [0.29, 0.717) is 6.54 Å². The van der Waals surface area contributed by atoms with Crippen molar-refractivity contribution >= 4 is 44.5 Å². The molecule has 2 rings (SSSR count). The van der Waals surface area contributed by atoms with Crippen molar-refractivity contribution in [1.82, 2.24) is 4.90 Å². The molecule has 0 spiro atoms. The highest BCUT2D eigenvalue weighted by Crippen LogP contribution is 2.28. The Kier molecular flexibility index (Phi) is 4.01. The fourth-order valence-electron chi connectivity index (χ4n) is 1.48. The van der Waals surface area contributed by atoms with Crippen molar-refractivity contribution in [2.24, 2.45) is 0 Å². The third-order valence-corrected chi connectivity index (χ3v) is 5.27. The zero-order valence-corrected chi connectivity index (χ0v) is 12.8. The van der Waals surface area contributed by atoms with Crippen molar-refractivity contribution in [1.29, 1.82) is 0 Å². The van der Waals surface area contributed by atoms with Gasteiger partial charge in [0.25, 0.3) is 5.91 Å². The normalized spacial score (nSPS) is 10.5. The molecule has 0 aliphatic carbocycles. The van der Waals surface area contributed by atoms with Gasteiger partial charge in [0.15, 0.2) is 0 Å². The predicted octanol–water partition coefficient (Wildman–Crippen LogP) is 4.15. The van der Waals surface area contributed by atoms with Gasteiger partial charge in [-0.25, -0.2) is 0 Å². The molecular weight excluding hydrogens is 318 g/mol. The minimum atomic E-state index is 0.0787. The molecule has 0 radical (unpaired) electrons. The quantitative estimate of drug-likeness (QED) is 0.828. The second-order valence-corrected chi connectivity index (χ2v) is 7.01. The Bertz CT molecular complexity index is 499. The second kappa shape index (κ2) is 5.33. The van der Waals surface area contributed by atoms with E-state index >= 15 is 0 Å². The van der Waals surface area contributed by atoms with Gasteiger partial charge in [0, 0.05) is 13.6 Å². The van der Waals surface area contributed by atoms with Crippen LogP contribution in [0, 0.1) is 6.92 Å². The van der Waals surface area contributed by atoms with Crippen LogP contribution in [-0.2, 0) is 6.54 Å². The van der Waals surface area contributed by atoms with Crippen LogP contribution < -0.4 is 0 Å². The van der Waals surface area contributed by atoms with Crippen LogP contribution in [0.1, 0.15) is 20.8 Å². The van der Waals surface area contributed by atoms with Gasteiger partial charge in [-0.15, -0.1) is 11.3 Å². The Labute approximate surface area is 117 Å². The molecule has 2 heterocycles. The Morgan fingerprint density at radius 1 is 1.53 bits per heavy atom. The maximum atomic E-state index is 12.2. The van der Waals surface area contributed by atoms with Crippen LogP contribution >= 0.6 is 38.6 Å². The maximum absolute atomic E-state index is 12.2. The van der Waals surface area contributed by atoms with Crippen molar-refractivity contribution < 1.29 is 4.79 Å². The lowest BCUT2D eigenvalue weighted by Gasteiger charge is -2.15. The van der Waals surface area contributed by atoms with E-state index in [2.05, 4.69) is 21.3 Å². The van der Waals surface area contributed by atoms with Crippen LogP contribution in [0.4, 0.5) is 0 Å². The van der Waals surface area contributed by atoms with E-state index < -0.39 is 0 Å². The zero-order chi connectivity index (χ0) is 12.4. The lowest BCUT2D eigenvalue weighted by Crippen LogP contribution is -2.25. The molecule has 0 bridgehead atoms. The summed E-state index contributed by atoms with van der Waals surface area (Å²) in [7, 11) is 1.84. The largest absolute Gasteiger partial charge is 0.337 e. The first-order chi connectivity index (χ1) is 8.08. The van der Waals surface area contributed by atoms with Crippen molar-refractivity contribution in [3.8, 4) is 0 Å². The van der Waals surface area contributed by atoms with Crippen LogP contribution in [0.3, 0.4) is 0 Å². The lowest BCUT2D eigenvalue weighted by atomic mass is 10.3. The van der Waals surface area contributed by atoms with Crippen molar-refractivity contribution in [2.75, 3.05) is 7.05 Å². The summed E-state index contributed by atoms with van der Waals surface area (Å²) >= 11 is 6.59. The summed E-state index contributed by atoms with van der Waals surface area (Å²) < 4.78 is 1.03. The summed E-state index contributed by atoms with van der Waals surface area (Å²) in [6.07, 6.45) is 0. The van der Waals surface area contributed by atoms with Crippen molar-refractivity contribution in [3.63, 3.8) is 0 Å². The molecule has 0 N–H and O–H groups in total. The average molecular weight is 330 g/mol. The fourth-order valence-corrected chi connectivity index (χ4v) is 3.67. The summed E-state index contributed by atoms with van der Waals surface area (Å²) in [6.45, 7) is 2.66. The van der Waals surface area contributed by atoms with Gasteiger partial charge in [0.2, 0.25) is 0 Å². The van der Waals surface area contributed by atoms with Crippen LogP contribution in [0.5, 0.6) is 0 Å². The molecule has 0 unspecified atom stereocenters. The van der Waals surface area contributed by atoms with E-state index in [9.17, 15) is 4.79 Å². The lowest BCUT2D eigenvalue weighted by molar-refractivity contribution is 0.0790. The summed E-state index contributed by atoms with van der Waals surface area (Å²) in [4.78, 5) is 14.7. The highest BCUT2D eigenvalue weighted by atomic mass is 79.9. The smallest absolute Gasteiger partial charge is 0.264 e. The Hall–Kier alpha value is -0.650. The molecule has 0 saturated heterocycles. The summed E-state index contributed by atoms with van der Waals surface area (Å²) in [5.74, 6) is 0.0787. The van der Waals surface area contributed by atoms with Gasteiger partial charge in [0.05, 0.1) is 8.66 Å².